The Morgan fingerprint density at radius 2 is 1.31 bits per heavy atom. The molecule has 0 aromatic heterocycles. The highest BCUT2D eigenvalue weighted by atomic mass is 16.6. The SMILES string of the molecule is C\C(C=C=C1C(C)(C)CC(O)CC1(C)O)=C/C=C/C(C)=C/C=C/C=C(C)/C=C/C=C(\C)C(=O)C[C@]12O[C@]1(C)C[C@@H](O)CC2(C)C. The first kappa shape index (κ1) is 36.7. The van der Waals surface area contributed by atoms with Crippen LogP contribution in [0.1, 0.15) is 101 Å². The number of hydrogen-bond acceptors (Lipinski definition) is 5. The van der Waals surface area contributed by atoms with Crippen molar-refractivity contribution in [3.05, 3.63) is 100 Å². The van der Waals surface area contributed by atoms with Crippen molar-refractivity contribution in [3.8, 4) is 0 Å². The van der Waals surface area contributed by atoms with E-state index in [9.17, 15) is 20.1 Å². The number of carbonyl (C=O) groups excluding carboxylic acids is 1. The van der Waals surface area contributed by atoms with Gasteiger partial charge in [0.2, 0.25) is 0 Å². The molecule has 0 amide bonds. The number of ether oxygens (including phenoxy) is 1. The van der Waals surface area contributed by atoms with Crippen molar-refractivity contribution in [2.45, 2.75) is 130 Å². The van der Waals surface area contributed by atoms with Gasteiger partial charge in [-0.1, -0.05) is 99.6 Å². The molecule has 5 nitrogen and oxygen atoms in total. The molecule has 2 saturated carbocycles. The summed E-state index contributed by atoms with van der Waals surface area (Å²) in [6.07, 6.45) is 23.4. The van der Waals surface area contributed by atoms with Crippen molar-refractivity contribution in [2.75, 3.05) is 0 Å². The van der Waals surface area contributed by atoms with Crippen LogP contribution >= 0.6 is 0 Å². The lowest BCUT2D eigenvalue weighted by molar-refractivity contribution is -0.118. The van der Waals surface area contributed by atoms with E-state index in [0.29, 0.717) is 37.7 Å². The van der Waals surface area contributed by atoms with Gasteiger partial charge in [-0.05, 0) is 82.4 Å². The number of epoxide rings is 1. The molecular weight excluding hydrogens is 560 g/mol. The summed E-state index contributed by atoms with van der Waals surface area (Å²) in [6, 6.07) is 0. The first-order chi connectivity index (χ1) is 20.7. The molecule has 2 unspecified atom stereocenters. The van der Waals surface area contributed by atoms with Crippen molar-refractivity contribution >= 4 is 5.78 Å². The number of Topliss-reactive ketones (excluding diaryl/α,β-unsaturated/α-hetero) is 1. The maximum atomic E-state index is 13.1. The molecule has 3 rings (SSSR count). The Morgan fingerprint density at radius 3 is 1.87 bits per heavy atom. The molecule has 5 heteroatoms. The third kappa shape index (κ3) is 8.93. The monoisotopic (exact) mass is 616 g/mol. The normalized spacial score (nSPS) is 33.9. The van der Waals surface area contributed by atoms with Crippen LogP contribution in [0.4, 0.5) is 0 Å². The Bertz CT molecular complexity index is 1400. The molecular formula is C40H56O5. The fourth-order valence-electron chi connectivity index (χ4n) is 7.48. The van der Waals surface area contributed by atoms with Crippen molar-refractivity contribution in [1.29, 1.82) is 0 Å². The van der Waals surface area contributed by atoms with Crippen LogP contribution in [0, 0.1) is 10.8 Å². The zero-order valence-electron chi connectivity index (χ0n) is 29.2. The molecule has 3 fully saturated rings. The van der Waals surface area contributed by atoms with E-state index in [0.717, 1.165) is 22.3 Å². The fourth-order valence-corrected chi connectivity index (χ4v) is 7.48. The van der Waals surface area contributed by atoms with E-state index in [1.165, 1.54) is 0 Å². The number of fused-ring (bicyclic) bond motifs is 1. The predicted molar refractivity (Wildman–Crippen MR) is 185 cm³/mol. The molecule has 1 aliphatic heterocycles. The molecule has 2 aliphatic carbocycles. The van der Waals surface area contributed by atoms with E-state index in [4.69, 9.17) is 4.74 Å². The molecule has 3 N–H and O–H groups in total. The largest absolute Gasteiger partial charge is 0.393 e. The van der Waals surface area contributed by atoms with Crippen molar-refractivity contribution in [3.63, 3.8) is 0 Å². The number of aliphatic hydroxyl groups excluding tert-OH is 2. The Morgan fingerprint density at radius 1 is 0.778 bits per heavy atom. The molecule has 5 atom stereocenters. The Hall–Kier alpha value is -2.79. The lowest BCUT2D eigenvalue weighted by Gasteiger charge is -2.43. The average molecular weight is 617 g/mol. The van der Waals surface area contributed by atoms with Crippen LogP contribution in [0.15, 0.2) is 100 Å². The van der Waals surface area contributed by atoms with Gasteiger partial charge in [0.15, 0.2) is 5.78 Å². The third-order valence-electron chi connectivity index (χ3n) is 9.82. The minimum absolute atomic E-state index is 0.0863. The summed E-state index contributed by atoms with van der Waals surface area (Å²) in [5.41, 5.74) is 5.48. The van der Waals surface area contributed by atoms with E-state index in [1.54, 1.807) is 6.92 Å². The number of allylic oxidation sites excluding steroid dienone is 14. The zero-order valence-corrected chi connectivity index (χ0v) is 29.2. The lowest BCUT2D eigenvalue weighted by atomic mass is 9.61. The number of ketones is 1. The Labute approximate surface area is 271 Å². The van der Waals surface area contributed by atoms with Crippen LogP contribution in [0.2, 0.25) is 0 Å². The summed E-state index contributed by atoms with van der Waals surface area (Å²) in [5, 5.41) is 31.2. The van der Waals surface area contributed by atoms with Crippen LogP contribution in [0.25, 0.3) is 0 Å². The highest BCUT2D eigenvalue weighted by molar-refractivity contribution is 5.96. The zero-order chi connectivity index (χ0) is 33.8. The van der Waals surface area contributed by atoms with Crippen LogP contribution in [-0.4, -0.2) is 50.1 Å². The van der Waals surface area contributed by atoms with Gasteiger partial charge in [-0.3, -0.25) is 4.79 Å². The van der Waals surface area contributed by atoms with Gasteiger partial charge < -0.3 is 20.1 Å². The quantitative estimate of drug-likeness (QED) is 0.0998. The van der Waals surface area contributed by atoms with Gasteiger partial charge in [0.1, 0.15) is 5.60 Å². The second-order valence-electron chi connectivity index (χ2n) is 15.3. The smallest absolute Gasteiger partial charge is 0.161 e. The summed E-state index contributed by atoms with van der Waals surface area (Å²) in [4.78, 5) is 13.1. The van der Waals surface area contributed by atoms with Gasteiger partial charge in [0.25, 0.3) is 0 Å². The van der Waals surface area contributed by atoms with Gasteiger partial charge in [-0.2, -0.15) is 0 Å². The van der Waals surface area contributed by atoms with E-state index in [2.05, 4.69) is 19.6 Å². The summed E-state index contributed by atoms with van der Waals surface area (Å²) in [6.45, 7) is 20.0. The van der Waals surface area contributed by atoms with Gasteiger partial charge in [0.05, 0.1) is 23.4 Å². The van der Waals surface area contributed by atoms with Crippen molar-refractivity contribution in [1.82, 2.24) is 0 Å². The van der Waals surface area contributed by atoms with Gasteiger partial charge in [-0.15, -0.1) is 5.73 Å². The molecule has 0 aromatic rings. The van der Waals surface area contributed by atoms with E-state index in [1.807, 2.05) is 115 Å². The molecule has 0 spiro atoms. The minimum Gasteiger partial charge on any atom is -0.393 e. The van der Waals surface area contributed by atoms with Gasteiger partial charge >= 0.3 is 0 Å². The molecule has 1 heterocycles. The predicted octanol–water partition coefficient (Wildman–Crippen LogP) is 8.12. The summed E-state index contributed by atoms with van der Waals surface area (Å²) in [5.74, 6) is 0.0863. The van der Waals surface area contributed by atoms with E-state index < -0.39 is 22.9 Å². The highest BCUT2D eigenvalue weighted by Gasteiger charge is 2.76. The number of carbonyl (C=O) groups is 1. The van der Waals surface area contributed by atoms with Crippen molar-refractivity contribution in [2.24, 2.45) is 10.8 Å². The molecule has 3 aliphatic rings. The van der Waals surface area contributed by atoms with Gasteiger partial charge in [-0.25, -0.2) is 0 Å². The third-order valence-corrected chi connectivity index (χ3v) is 9.82. The first-order valence-corrected chi connectivity index (χ1v) is 16.2. The summed E-state index contributed by atoms with van der Waals surface area (Å²) >= 11 is 0. The maximum absolute atomic E-state index is 13.1. The molecule has 45 heavy (non-hydrogen) atoms. The van der Waals surface area contributed by atoms with Crippen LogP contribution < -0.4 is 0 Å². The molecule has 1 saturated heterocycles. The average Bonchev–Trinajstić information content (AvgIpc) is 3.49. The van der Waals surface area contributed by atoms with Gasteiger partial charge in [0, 0.05) is 24.8 Å². The maximum Gasteiger partial charge on any atom is 0.161 e. The second-order valence-corrected chi connectivity index (χ2v) is 15.3. The first-order valence-electron chi connectivity index (χ1n) is 16.2. The summed E-state index contributed by atoms with van der Waals surface area (Å²) < 4.78 is 6.18. The van der Waals surface area contributed by atoms with Crippen LogP contribution in [-0.2, 0) is 9.53 Å². The molecule has 0 bridgehead atoms. The molecule has 0 aromatic carbocycles. The topological polar surface area (TPSA) is 90.3 Å². The highest BCUT2D eigenvalue weighted by Crippen LogP contribution is 2.67. The second kappa shape index (κ2) is 13.9. The minimum atomic E-state index is -1.07. The van der Waals surface area contributed by atoms with E-state index in [-0.39, 0.29) is 22.7 Å². The van der Waals surface area contributed by atoms with Crippen LogP contribution in [0.5, 0.6) is 0 Å². The lowest BCUT2D eigenvalue weighted by Crippen LogP contribution is -2.48. The summed E-state index contributed by atoms with van der Waals surface area (Å²) in [7, 11) is 0. The van der Waals surface area contributed by atoms with Crippen molar-refractivity contribution < 1.29 is 24.9 Å². The fraction of sp³-hybridized carbons (Fsp3) is 0.550. The van der Waals surface area contributed by atoms with Crippen LogP contribution in [0.3, 0.4) is 0 Å². The molecule has 246 valence electrons. The Balaban J connectivity index is 1.53. The number of hydrogen-bond donors (Lipinski definition) is 3. The number of rotatable bonds is 10. The Kier molecular flexibility index (Phi) is 11.3. The standard InChI is InChI=1S/C40H56O5/c1-28(17-13-18-30(3)21-22-35-36(5,6)23-32(41)25-38(35,9)44)15-11-12-16-29(2)19-14-20-31(4)34(43)27-40-37(7,8)24-33(42)26-39(40,10)45-40/h11-21,32-33,41-42,44H,23-27H2,1-10H3/b12-11+,17-13+,19-14+,28-15+,29-16+,30-18+,31-20+/t22?,32?,33-,38?,39+,40+/m0/s1. The molecule has 0 radical (unpaired) electrons. The number of aliphatic hydroxyl groups is 3. The van der Waals surface area contributed by atoms with E-state index >= 15 is 0 Å².